The highest BCUT2D eigenvalue weighted by molar-refractivity contribution is 5.92. The van der Waals surface area contributed by atoms with Crippen molar-refractivity contribution in [3.05, 3.63) is 114 Å². The maximum absolute atomic E-state index is 12.3. The summed E-state index contributed by atoms with van der Waals surface area (Å²) in [4.78, 5) is 16.3. The lowest BCUT2D eigenvalue weighted by molar-refractivity contribution is -0.116. The van der Waals surface area contributed by atoms with Crippen LogP contribution in [0.15, 0.2) is 97.5 Å². The van der Waals surface area contributed by atoms with Crippen LogP contribution in [0.1, 0.15) is 16.7 Å². The fourth-order valence-electron chi connectivity index (χ4n) is 3.14. The Balaban J connectivity index is 1.53. The number of hydrogen-bond acceptors (Lipinski definition) is 3. The van der Waals surface area contributed by atoms with Gasteiger partial charge in [0.2, 0.25) is 5.91 Å². The van der Waals surface area contributed by atoms with Crippen molar-refractivity contribution in [1.82, 2.24) is 20.1 Å². The Morgan fingerprint density at radius 3 is 2.33 bits per heavy atom. The number of hydrogen-bond donors (Lipinski definition) is 1. The van der Waals surface area contributed by atoms with Crippen LogP contribution in [0.2, 0.25) is 0 Å². The molecule has 1 amide bonds. The molecule has 0 radical (unpaired) electrons. The van der Waals surface area contributed by atoms with Crippen LogP contribution in [0.5, 0.6) is 0 Å². The summed E-state index contributed by atoms with van der Waals surface area (Å²) < 4.78 is 1.91. The van der Waals surface area contributed by atoms with Gasteiger partial charge in [-0.3, -0.25) is 14.5 Å². The maximum atomic E-state index is 12.3. The number of rotatable bonds is 7. The summed E-state index contributed by atoms with van der Waals surface area (Å²) in [6.45, 7) is 1.13. The smallest absolute Gasteiger partial charge is 0.244 e. The molecule has 0 unspecified atom stereocenters. The van der Waals surface area contributed by atoms with Crippen LogP contribution in [0.4, 0.5) is 0 Å². The summed E-state index contributed by atoms with van der Waals surface area (Å²) >= 11 is 0. The van der Waals surface area contributed by atoms with E-state index in [1.54, 1.807) is 18.5 Å². The average Bonchev–Trinajstić information content (AvgIpc) is 3.21. The van der Waals surface area contributed by atoms with E-state index in [0.29, 0.717) is 13.1 Å². The molecule has 30 heavy (non-hydrogen) atoms. The normalized spacial score (nSPS) is 10.9. The molecule has 0 saturated heterocycles. The number of nitrogens with zero attached hydrogens (tertiary/aromatic N) is 3. The molecule has 0 atom stereocenters. The van der Waals surface area contributed by atoms with Gasteiger partial charge in [0.15, 0.2) is 0 Å². The number of aromatic nitrogens is 3. The molecule has 0 saturated carbocycles. The molecule has 5 nitrogen and oxygen atoms in total. The largest absolute Gasteiger partial charge is 0.348 e. The van der Waals surface area contributed by atoms with Crippen LogP contribution in [-0.2, 0) is 17.9 Å². The molecule has 0 aliphatic heterocycles. The number of benzene rings is 2. The van der Waals surface area contributed by atoms with Crippen LogP contribution in [-0.4, -0.2) is 20.7 Å². The van der Waals surface area contributed by atoms with Crippen LogP contribution < -0.4 is 5.32 Å². The van der Waals surface area contributed by atoms with Gasteiger partial charge in [0.1, 0.15) is 0 Å². The monoisotopic (exact) mass is 394 g/mol. The number of carbonyl (C=O) groups excluding carboxylic acids is 1. The Morgan fingerprint density at radius 2 is 1.60 bits per heavy atom. The van der Waals surface area contributed by atoms with E-state index in [1.807, 2.05) is 77.6 Å². The van der Waals surface area contributed by atoms with Gasteiger partial charge in [0.25, 0.3) is 0 Å². The highest BCUT2D eigenvalue weighted by Crippen LogP contribution is 2.23. The van der Waals surface area contributed by atoms with Crippen molar-refractivity contribution in [3.8, 4) is 11.3 Å². The van der Waals surface area contributed by atoms with Crippen LogP contribution in [0, 0.1) is 0 Å². The van der Waals surface area contributed by atoms with Crippen molar-refractivity contribution < 1.29 is 4.79 Å². The number of nitrogens with one attached hydrogen (secondary N) is 1. The highest BCUT2D eigenvalue weighted by Gasteiger charge is 2.10. The second kappa shape index (κ2) is 9.47. The SMILES string of the molecule is O=C(/C=C/c1cn(Cc2ccccc2)nc1-c1ccccc1)NCc1ccncc1. The van der Waals surface area contributed by atoms with Gasteiger partial charge >= 0.3 is 0 Å². The van der Waals surface area contributed by atoms with E-state index < -0.39 is 0 Å². The van der Waals surface area contributed by atoms with Crippen LogP contribution >= 0.6 is 0 Å². The minimum atomic E-state index is -0.151. The van der Waals surface area contributed by atoms with E-state index in [0.717, 1.165) is 22.4 Å². The first-order valence-corrected chi connectivity index (χ1v) is 9.79. The minimum absolute atomic E-state index is 0.151. The van der Waals surface area contributed by atoms with Gasteiger partial charge < -0.3 is 5.32 Å². The van der Waals surface area contributed by atoms with E-state index in [-0.39, 0.29) is 5.91 Å². The van der Waals surface area contributed by atoms with E-state index in [2.05, 4.69) is 22.4 Å². The molecule has 2 heterocycles. The van der Waals surface area contributed by atoms with E-state index in [9.17, 15) is 4.79 Å². The molecule has 2 aromatic carbocycles. The van der Waals surface area contributed by atoms with E-state index in [4.69, 9.17) is 5.10 Å². The van der Waals surface area contributed by atoms with Gasteiger partial charge in [-0.05, 0) is 29.3 Å². The molecule has 148 valence electrons. The zero-order chi connectivity index (χ0) is 20.6. The van der Waals surface area contributed by atoms with E-state index in [1.165, 1.54) is 5.56 Å². The predicted molar refractivity (Wildman–Crippen MR) is 118 cm³/mol. The van der Waals surface area contributed by atoms with Gasteiger partial charge in [-0.25, -0.2) is 0 Å². The summed E-state index contributed by atoms with van der Waals surface area (Å²) in [5.74, 6) is -0.151. The maximum Gasteiger partial charge on any atom is 0.244 e. The second-order valence-corrected chi connectivity index (χ2v) is 6.89. The predicted octanol–water partition coefficient (Wildman–Crippen LogP) is 4.32. The topological polar surface area (TPSA) is 59.8 Å². The first-order chi connectivity index (χ1) is 14.8. The van der Waals surface area contributed by atoms with Gasteiger partial charge in [-0.1, -0.05) is 60.7 Å². The van der Waals surface area contributed by atoms with Gasteiger partial charge in [-0.2, -0.15) is 5.10 Å². The quantitative estimate of drug-likeness (QED) is 0.475. The first-order valence-electron chi connectivity index (χ1n) is 9.79. The second-order valence-electron chi connectivity index (χ2n) is 6.89. The van der Waals surface area contributed by atoms with Crippen molar-refractivity contribution in [1.29, 1.82) is 0 Å². The Morgan fingerprint density at radius 1 is 0.900 bits per heavy atom. The lowest BCUT2D eigenvalue weighted by Crippen LogP contribution is -2.20. The zero-order valence-electron chi connectivity index (χ0n) is 16.5. The summed E-state index contributed by atoms with van der Waals surface area (Å²) in [7, 11) is 0. The molecule has 5 heteroatoms. The molecular formula is C25H22N4O. The zero-order valence-corrected chi connectivity index (χ0v) is 16.5. The fourth-order valence-corrected chi connectivity index (χ4v) is 3.14. The molecule has 0 bridgehead atoms. The Kier molecular flexibility index (Phi) is 6.11. The average molecular weight is 394 g/mol. The number of amides is 1. The lowest BCUT2D eigenvalue weighted by atomic mass is 10.1. The third kappa shape index (κ3) is 5.08. The standard InChI is InChI=1S/C25H22N4O/c30-24(27-17-20-13-15-26-16-14-20)12-11-23-19-29(18-21-7-3-1-4-8-21)28-25(23)22-9-5-2-6-10-22/h1-16,19H,17-18H2,(H,27,30)/b12-11+. The van der Waals surface area contributed by atoms with Crippen LogP contribution in [0.3, 0.4) is 0 Å². The van der Waals surface area contributed by atoms with Gasteiger partial charge in [0.05, 0.1) is 12.2 Å². The molecule has 0 aliphatic carbocycles. The molecule has 0 spiro atoms. The fraction of sp³-hybridized carbons (Fsp3) is 0.0800. The molecule has 0 aliphatic rings. The third-order valence-corrected chi connectivity index (χ3v) is 4.65. The number of pyridine rings is 1. The summed E-state index contributed by atoms with van der Waals surface area (Å²) in [6.07, 6.45) is 8.77. The Hall–Kier alpha value is -3.99. The molecule has 4 rings (SSSR count). The summed E-state index contributed by atoms with van der Waals surface area (Å²) in [5, 5.41) is 7.67. The van der Waals surface area contributed by atoms with E-state index >= 15 is 0 Å². The van der Waals surface area contributed by atoms with Crippen LogP contribution in [0.25, 0.3) is 17.3 Å². The molecular weight excluding hydrogens is 372 g/mol. The van der Waals surface area contributed by atoms with Crippen molar-refractivity contribution >= 4 is 12.0 Å². The highest BCUT2D eigenvalue weighted by atomic mass is 16.1. The van der Waals surface area contributed by atoms with Crippen molar-refractivity contribution in [3.63, 3.8) is 0 Å². The minimum Gasteiger partial charge on any atom is -0.348 e. The van der Waals surface area contributed by atoms with Crippen molar-refractivity contribution in [2.45, 2.75) is 13.1 Å². The van der Waals surface area contributed by atoms with Gasteiger partial charge in [-0.15, -0.1) is 0 Å². The lowest BCUT2D eigenvalue weighted by Gasteiger charge is -2.02. The molecule has 4 aromatic rings. The van der Waals surface area contributed by atoms with Gasteiger partial charge in [0, 0.05) is 42.3 Å². The third-order valence-electron chi connectivity index (χ3n) is 4.65. The molecule has 0 fully saturated rings. The van der Waals surface area contributed by atoms with Crippen molar-refractivity contribution in [2.75, 3.05) is 0 Å². The Bertz CT molecular complexity index is 1120. The number of carbonyl (C=O) groups is 1. The molecule has 1 N–H and O–H groups in total. The summed E-state index contributed by atoms with van der Waals surface area (Å²) in [6, 6.07) is 23.9. The summed E-state index contributed by atoms with van der Waals surface area (Å²) in [5.41, 5.74) is 4.94. The Labute approximate surface area is 175 Å². The van der Waals surface area contributed by atoms with Crippen molar-refractivity contribution in [2.24, 2.45) is 0 Å². The molecule has 2 aromatic heterocycles. The first kappa shape index (κ1) is 19.3.